The molecule has 0 bridgehead atoms. The van der Waals surface area contributed by atoms with E-state index in [0.717, 1.165) is 31.6 Å². The van der Waals surface area contributed by atoms with Gasteiger partial charge in [0.05, 0.1) is 11.9 Å². The highest BCUT2D eigenvalue weighted by molar-refractivity contribution is 6.30. The van der Waals surface area contributed by atoms with Gasteiger partial charge in [0.2, 0.25) is 0 Å². The van der Waals surface area contributed by atoms with Gasteiger partial charge in [-0.25, -0.2) is 4.68 Å². The van der Waals surface area contributed by atoms with Crippen LogP contribution in [-0.4, -0.2) is 33.7 Å². The number of aromatic nitrogens is 2. The van der Waals surface area contributed by atoms with Crippen LogP contribution in [0.15, 0.2) is 67.0 Å². The number of hydrogen-bond acceptors (Lipinski definition) is 2. The van der Waals surface area contributed by atoms with Crippen molar-refractivity contribution in [3.05, 3.63) is 83.1 Å². The average Bonchev–Trinajstić information content (AvgIpc) is 3.19. The molecule has 0 unspecified atom stereocenters. The normalized spacial score (nSPS) is 15.2. The summed E-state index contributed by atoms with van der Waals surface area (Å²) < 4.78 is 1.92. The van der Waals surface area contributed by atoms with Gasteiger partial charge >= 0.3 is 0 Å². The molecule has 1 amide bonds. The number of benzene rings is 2. The van der Waals surface area contributed by atoms with Crippen LogP contribution in [-0.2, 0) is 0 Å². The van der Waals surface area contributed by atoms with E-state index in [1.165, 1.54) is 5.56 Å². The van der Waals surface area contributed by atoms with Crippen LogP contribution in [0.3, 0.4) is 0 Å². The number of hydrogen-bond donors (Lipinski definition) is 0. The van der Waals surface area contributed by atoms with Crippen LogP contribution in [0.25, 0.3) is 5.69 Å². The number of carbonyl (C=O) groups excluding carboxylic acids is 1. The Bertz CT molecular complexity index is 881. The Kier molecular flexibility index (Phi) is 4.76. The first-order valence-corrected chi connectivity index (χ1v) is 9.23. The van der Waals surface area contributed by atoms with Crippen LogP contribution in [0.5, 0.6) is 0 Å². The molecule has 1 aliphatic heterocycles. The van der Waals surface area contributed by atoms with E-state index in [-0.39, 0.29) is 5.91 Å². The van der Waals surface area contributed by atoms with E-state index >= 15 is 0 Å². The standard InChI is InChI=1S/C21H20ClN3O/c22-19-8-6-17(7-9-19)21(26)24-12-10-16(11-13-24)18-14-23-25(15-18)20-4-2-1-3-5-20/h1-9,14-16H,10-13H2. The van der Waals surface area contributed by atoms with Gasteiger partial charge in [0.15, 0.2) is 0 Å². The first-order valence-electron chi connectivity index (χ1n) is 8.85. The number of nitrogens with zero attached hydrogens (tertiary/aromatic N) is 3. The molecule has 0 spiro atoms. The van der Waals surface area contributed by atoms with E-state index in [2.05, 4.69) is 11.3 Å². The number of halogens is 1. The van der Waals surface area contributed by atoms with Crippen LogP contribution in [0, 0.1) is 0 Å². The van der Waals surface area contributed by atoms with Crippen molar-refractivity contribution < 1.29 is 4.79 Å². The maximum absolute atomic E-state index is 12.6. The first kappa shape index (κ1) is 16.9. The minimum atomic E-state index is 0.0834. The van der Waals surface area contributed by atoms with Gasteiger partial charge in [-0.3, -0.25) is 4.79 Å². The number of likely N-dealkylation sites (tertiary alicyclic amines) is 1. The van der Waals surface area contributed by atoms with Gasteiger partial charge in [-0.15, -0.1) is 0 Å². The second kappa shape index (κ2) is 7.34. The summed E-state index contributed by atoms with van der Waals surface area (Å²) in [7, 11) is 0. The molecule has 0 atom stereocenters. The van der Waals surface area contributed by atoms with Gasteiger partial charge in [-0.1, -0.05) is 29.8 Å². The smallest absolute Gasteiger partial charge is 0.253 e. The molecule has 26 heavy (non-hydrogen) atoms. The van der Waals surface area contributed by atoms with Crippen LogP contribution in [0.4, 0.5) is 0 Å². The fourth-order valence-electron chi connectivity index (χ4n) is 3.46. The topological polar surface area (TPSA) is 38.1 Å². The van der Waals surface area contributed by atoms with Crippen molar-refractivity contribution in [2.75, 3.05) is 13.1 Å². The van der Waals surface area contributed by atoms with E-state index in [9.17, 15) is 4.79 Å². The molecule has 0 N–H and O–H groups in total. The lowest BCUT2D eigenvalue weighted by Crippen LogP contribution is -2.37. The molecule has 2 heterocycles. The molecule has 3 aromatic rings. The Morgan fingerprint density at radius 1 is 1.00 bits per heavy atom. The minimum absolute atomic E-state index is 0.0834. The van der Waals surface area contributed by atoms with Crippen molar-refractivity contribution in [3.8, 4) is 5.69 Å². The summed E-state index contributed by atoms with van der Waals surface area (Å²) in [6.45, 7) is 1.53. The van der Waals surface area contributed by atoms with Gasteiger partial charge in [-0.2, -0.15) is 5.10 Å². The third-order valence-corrected chi connectivity index (χ3v) is 5.22. The number of piperidine rings is 1. The molecule has 0 radical (unpaired) electrons. The maximum atomic E-state index is 12.6. The summed E-state index contributed by atoms with van der Waals surface area (Å²) in [4.78, 5) is 14.5. The van der Waals surface area contributed by atoms with E-state index in [4.69, 9.17) is 11.6 Å². The predicted molar refractivity (Wildman–Crippen MR) is 103 cm³/mol. The minimum Gasteiger partial charge on any atom is -0.339 e. The number of amides is 1. The Hall–Kier alpha value is -2.59. The summed E-state index contributed by atoms with van der Waals surface area (Å²) in [5.41, 5.74) is 3.01. The SMILES string of the molecule is O=C(c1ccc(Cl)cc1)N1CCC(c2cnn(-c3ccccc3)c2)CC1. The molecule has 4 rings (SSSR count). The van der Waals surface area contributed by atoms with Crippen molar-refractivity contribution in [2.45, 2.75) is 18.8 Å². The lowest BCUT2D eigenvalue weighted by Gasteiger charge is -2.31. The Labute approximate surface area is 158 Å². The molecule has 1 aromatic heterocycles. The molecule has 5 heteroatoms. The van der Waals surface area contributed by atoms with E-state index in [0.29, 0.717) is 16.5 Å². The molecule has 132 valence electrons. The molecule has 4 nitrogen and oxygen atoms in total. The zero-order chi connectivity index (χ0) is 17.9. The molecule has 1 aliphatic rings. The molecule has 1 fully saturated rings. The summed E-state index contributed by atoms with van der Waals surface area (Å²) in [6.07, 6.45) is 5.98. The van der Waals surface area contributed by atoms with Crippen LogP contribution < -0.4 is 0 Å². The molecule has 2 aromatic carbocycles. The van der Waals surface area contributed by atoms with E-state index < -0.39 is 0 Å². The molecule has 0 aliphatic carbocycles. The maximum Gasteiger partial charge on any atom is 0.253 e. The highest BCUT2D eigenvalue weighted by Crippen LogP contribution is 2.29. The van der Waals surface area contributed by atoms with Crippen LogP contribution >= 0.6 is 11.6 Å². The van der Waals surface area contributed by atoms with Crippen molar-refractivity contribution in [1.82, 2.24) is 14.7 Å². The zero-order valence-electron chi connectivity index (χ0n) is 14.4. The largest absolute Gasteiger partial charge is 0.339 e. The van der Waals surface area contributed by atoms with Crippen molar-refractivity contribution in [1.29, 1.82) is 0 Å². The number of rotatable bonds is 3. The summed E-state index contributed by atoms with van der Waals surface area (Å²) >= 11 is 5.90. The molecular weight excluding hydrogens is 346 g/mol. The summed E-state index contributed by atoms with van der Waals surface area (Å²) in [5, 5.41) is 5.14. The highest BCUT2D eigenvalue weighted by atomic mass is 35.5. The highest BCUT2D eigenvalue weighted by Gasteiger charge is 2.25. The van der Waals surface area contributed by atoms with E-state index in [1.807, 2.05) is 46.1 Å². The molecule has 0 saturated carbocycles. The second-order valence-electron chi connectivity index (χ2n) is 6.63. The van der Waals surface area contributed by atoms with Gasteiger partial charge in [0.25, 0.3) is 5.91 Å². The van der Waals surface area contributed by atoms with Crippen molar-refractivity contribution >= 4 is 17.5 Å². The van der Waals surface area contributed by atoms with Gasteiger partial charge in [-0.05, 0) is 60.7 Å². The quantitative estimate of drug-likeness (QED) is 0.683. The lowest BCUT2D eigenvalue weighted by molar-refractivity contribution is 0.0713. The van der Waals surface area contributed by atoms with Crippen molar-refractivity contribution in [2.24, 2.45) is 0 Å². The van der Waals surface area contributed by atoms with Gasteiger partial charge in [0.1, 0.15) is 0 Å². The Morgan fingerprint density at radius 3 is 2.38 bits per heavy atom. The fraction of sp³-hybridized carbons (Fsp3) is 0.238. The summed E-state index contributed by atoms with van der Waals surface area (Å²) in [5.74, 6) is 0.529. The lowest BCUT2D eigenvalue weighted by atomic mass is 9.91. The average molecular weight is 366 g/mol. The van der Waals surface area contributed by atoms with Crippen LogP contribution in [0.1, 0.15) is 34.7 Å². The van der Waals surface area contributed by atoms with Gasteiger partial charge in [0, 0.05) is 29.9 Å². The third-order valence-electron chi connectivity index (χ3n) is 4.97. The molecule has 1 saturated heterocycles. The Balaban J connectivity index is 1.40. The zero-order valence-corrected chi connectivity index (χ0v) is 15.1. The Morgan fingerprint density at radius 2 is 1.69 bits per heavy atom. The van der Waals surface area contributed by atoms with Gasteiger partial charge < -0.3 is 4.90 Å². The number of carbonyl (C=O) groups is 1. The first-order chi connectivity index (χ1) is 12.7. The number of para-hydroxylation sites is 1. The molecular formula is C21H20ClN3O. The van der Waals surface area contributed by atoms with Crippen molar-refractivity contribution in [3.63, 3.8) is 0 Å². The fourth-order valence-corrected chi connectivity index (χ4v) is 3.59. The monoisotopic (exact) mass is 365 g/mol. The summed E-state index contributed by atoms with van der Waals surface area (Å²) in [6, 6.07) is 17.2. The third kappa shape index (κ3) is 3.51. The predicted octanol–water partition coefficient (Wildman–Crippen LogP) is 4.55. The van der Waals surface area contributed by atoms with E-state index in [1.54, 1.807) is 24.3 Å². The van der Waals surface area contributed by atoms with Crippen LogP contribution in [0.2, 0.25) is 5.02 Å². The second-order valence-corrected chi connectivity index (χ2v) is 7.06.